The van der Waals surface area contributed by atoms with E-state index < -0.39 is 0 Å². The molecular weight excluding hydrogens is 529 g/mol. The normalized spacial score (nSPS) is 10.4. The maximum absolute atomic E-state index is 3.37. The summed E-state index contributed by atoms with van der Waals surface area (Å²) in [6.45, 7) is 13.5. The van der Waals surface area contributed by atoms with Crippen LogP contribution in [0.5, 0.6) is 0 Å². The summed E-state index contributed by atoms with van der Waals surface area (Å²) >= 11 is 0. The molecule has 44 heavy (non-hydrogen) atoms. The van der Waals surface area contributed by atoms with E-state index in [4.69, 9.17) is 0 Å². The van der Waals surface area contributed by atoms with Crippen LogP contribution in [0.3, 0.4) is 0 Å². The first-order valence-corrected chi connectivity index (χ1v) is 15.3. The van der Waals surface area contributed by atoms with Gasteiger partial charge in [0.05, 0.1) is 0 Å². The summed E-state index contributed by atoms with van der Waals surface area (Å²) < 4.78 is 0. The fourth-order valence-corrected chi connectivity index (χ4v) is 6.30. The second-order valence-electron chi connectivity index (χ2n) is 12.2. The Hall–Kier alpha value is -4.92. The van der Waals surface area contributed by atoms with E-state index in [0.717, 1.165) is 22.3 Å². The molecule has 0 aliphatic carbocycles. The molecule has 0 aromatic heterocycles. The van der Waals surface area contributed by atoms with Crippen molar-refractivity contribution in [2.75, 3.05) is 19.0 Å². The van der Waals surface area contributed by atoms with Crippen molar-refractivity contribution in [3.05, 3.63) is 153 Å². The highest BCUT2D eigenvalue weighted by Gasteiger charge is 2.28. The molecule has 5 aromatic carbocycles. The van der Waals surface area contributed by atoms with Gasteiger partial charge < -0.3 is 4.90 Å². The van der Waals surface area contributed by atoms with Gasteiger partial charge in [0, 0.05) is 42.0 Å². The summed E-state index contributed by atoms with van der Waals surface area (Å²) in [6, 6.07) is 34.6. The van der Waals surface area contributed by atoms with Gasteiger partial charge in [0.2, 0.25) is 6.71 Å². The van der Waals surface area contributed by atoms with Crippen LogP contribution >= 0.6 is 0 Å². The maximum atomic E-state index is 3.37. The Bertz CT molecular complexity index is 1820. The van der Waals surface area contributed by atoms with Gasteiger partial charge in [0.1, 0.15) is 0 Å². The first-order chi connectivity index (χ1) is 21.1. The number of nitrogens with zero attached hydrogens (tertiary/aromatic N) is 1. The molecule has 5 aromatic rings. The quantitative estimate of drug-likeness (QED) is 0.168. The summed E-state index contributed by atoms with van der Waals surface area (Å²) in [6.07, 6.45) is 0. The Kier molecular flexibility index (Phi) is 9.14. The molecule has 0 amide bonds. The van der Waals surface area contributed by atoms with E-state index in [-0.39, 0.29) is 6.71 Å². The highest BCUT2D eigenvalue weighted by Crippen LogP contribution is 2.14. The minimum atomic E-state index is 0.165. The van der Waals surface area contributed by atoms with Gasteiger partial charge in [-0.05, 0) is 102 Å². The second-order valence-corrected chi connectivity index (χ2v) is 12.2. The Labute approximate surface area is 265 Å². The molecule has 0 aliphatic heterocycles. The van der Waals surface area contributed by atoms with Gasteiger partial charge in [-0.2, -0.15) is 0 Å². The summed E-state index contributed by atoms with van der Waals surface area (Å²) in [5.74, 6) is 13.2. The van der Waals surface area contributed by atoms with E-state index in [9.17, 15) is 0 Å². The minimum Gasteiger partial charge on any atom is -0.378 e. The molecule has 216 valence electrons. The molecule has 0 bridgehead atoms. The maximum Gasteiger partial charge on any atom is 0.242 e. The van der Waals surface area contributed by atoms with Crippen LogP contribution in [0.1, 0.15) is 55.6 Å². The van der Waals surface area contributed by atoms with Crippen LogP contribution in [0.2, 0.25) is 0 Å². The highest BCUT2D eigenvalue weighted by molar-refractivity contribution is 6.96. The average Bonchev–Trinajstić information content (AvgIpc) is 2.98. The van der Waals surface area contributed by atoms with Crippen molar-refractivity contribution in [1.82, 2.24) is 0 Å². The van der Waals surface area contributed by atoms with Crippen molar-refractivity contribution in [1.29, 1.82) is 0 Å². The molecule has 1 nitrogen and oxygen atoms in total. The molecule has 2 heteroatoms. The van der Waals surface area contributed by atoms with E-state index in [1.165, 1.54) is 55.5 Å². The van der Waals surface area contributed by atoms with Crippen molar-refractivity contribution in [2.45, 2.75) is 41.5 Å². The van der Waals surface area contributed by atoms with Crippen LogP contribution in [-0.4, -0.2) is 20.8 Å². The van der Waals surface area contributed by atoms with E-state index in [2.05, 4.69) is 143 Å². The fourth-order valence-electron chi connectivity index (χ4n) is 6.30. The third-order valence-corrected chi connectivity index (χ3v) is 8.27. The first kappa shape index (κ1) is 30.5. The molecule has 0 radical (unpaired) electrons. The summed E-state index contributed by atoms with van der Waals surface area (Å²) in [4.78, 5) is 2.09. The largest absolute Gasteiger partial charge is 0.378 e. The standard InChI is InChI=1S/C42H40BN/c1-29-25-31(3)41(32(4)26-29)43(42-33(5)27-30(2)28-34(42)6)39-21-17-37(18-22-39)15-13-35-9-11-36(12-10-35)14-16-38-19-23-40(24-20-38)44(7)8/h9-12,17-28H,1-8H3. The van der Waals surface area contributed by atoms with Crippen molar-refractivity contribution < 1.29 is 0 Å². The molecule has 0 saturated heterocycles. The van der Waals surface area contributed by atoms with Crippen molar-refractivity contribution in [3.63, 3.8) is 0 Å². The molecule has 0 saturated carbocycles. The predicted octanol–water partition coefficient (Wildman–Crippen LogP) is 6.92. The molecular formula is C42H40BN. The third kappa shape index (κ3) is 7.00. The number of hydrogen-bond acceptors (Lipinski definition) is 1. The van der Waals surface area contributed by atoms with E-state index in [1.807, 2.05) is 38.4 Å². The molecule has 5 rings (SSSR count). The highest BCUT2D eigenvalue weighted by atomic mass is 15.1. The first-order valence-electron chi connectivity index (χ1n) is 15.3. The van der Waals surface area contributed by atoms with Crippen LogP contribution in [0.25, 0.3) is 0 Å². The number of rotatable bonds is 4. The number of aryl methyl sites for hydroxylation is 6. The van der Waals surface area contributed by atoms with Gasteiger partial charge in [0.15, 0.2) is 0 Å². The minimum absolute atomic E-state index is 0.165. The second kappa shape index (κ2) is 13.2. The predicted molar refractivity (Wildman–Crippen MR) is 192 cm³/mol. The fraction of sp³-hybridized carbons (Fsp3) is 0.190. The van der Waals surface area contributed by atoms with Crippen LogP contribution in [-0.2, 0) is 0 Å². The van der Waals surface area contributed by atoms with Crippen molar-refractivity contribution in [3.8, 4) is 23.7 Å². The smallest absolute Gasteiger partial charge is 0.242 e. The van der Waals surface area contributed by atoms with Gasteiger partial charge in [-0.1, -0.05) is 110 Å². The van der Waals surface area contributed by atoms with E-state index in [0.29, 0.717) is 0 Å². The lowest BCUT2D eigenvalue weighted by atomic mass is 9.34. The van der Waals surface area contributed by atoms with Crippen LogP contribution in [0.4, 0.5) is 5.69 Å². The average molecular weight is 570 g/mol. The molecule has 0 spiro atoms. The van der Waals surface area contributed by atoms with Crippen LogP contribution < -0.4 is 21.3 Å². The van der Waals surface area contributed by atoms with Gasteiger partial charge in [-0.3, -0.25) is 0 Å². The molecule has 0 fully saturated rings. The monoisotopic (exact) mass is 569 g/mol. The topological polar surface area (TPSA) is 3.24 Å². The van der Waals surface area contributed by atoms with Gasteiger partial charge in [-0.15, -0.1) is 0 Å². The molecule has 0 unspecified atom stereocenters. The Morgan fingerprint density at radius 1 is 0.432 bits per heavy atom. The zero-order valence-corrected chi connectivity index (χ0v) is 27.3. The zero-order valence-electron chi connectivity index (χ0n) is 27.3. The Morgan fingerprint density at radius 2 is 0.727 bits per heavy atom. The van der Waals surface area contributed by atoms with Crippen LogP contribution in [0.15, 0.2) is 97.1 Å². The zero-order chi connectivity index (χ0) is 31.4. The van der Waals surface area contributed by atoms with E-state index >= 15 is 0 Å². The molecule has 0 heterocycles. The van der Waals surface area contributed by atoms with Gasteiger partial charge in [0.25, 0.3) is 0 Å². The van der Waals surface area contributed by atoms with Crippen molar-refractivity contribution in [2.24, 2.45) is 0 Å². The summed E-state index contributed by atoms with van der Waals surface area (Å²) in [5, 5.41) is 0. The SMILES string of the molecule is Cc1cc(C)c(B(c2ccc(C#Cc3ccc(C#Cc4ccc(N(C)C)cc4)cc3)cc2)c2c(C)cc(C)cc2C)c(C)c1. The number of benzene rings is 5. The summed E-state index contributed by atoms with van der Waals surface area (Å²) in [7, 11) is 4.08. The molecule has 0 atom stereocenters. The lowest BCUT2D eigenvalue weighted by molar-refractivity contribution is 1.13. The Balaban J connectivity index is 1.40. The summed E-state index contributed by atoms with van der Waals surface area (Å²) in [5.41, 5.74) is 17.2. The molecule has 0 N–H and O–H groups in total. The van der Waals surface area contributed by atoms with Crippen LogP contribution in [0, 0.1) is 65.2 Å². The number of hydrogen-bond donors (Lipinski definition) is 0. The number of anilines is 1. The van der Waals surface area contributed by atoms with Crippen molar-refractivity contribution >= 4 is 28.8 Å². The Morgan fingerprint density at radius 3 is 1.05 bits per heavy atom. The molecule has 0 aliphatic rings. The lowest BCUT2D eigenvalue weighted by Crippen LogP contribution is -2.55. The third-order valence-electron chi connectivity index (χ3n) is 8.27. The van der Waals surface area contributed by atoms with Gasteiger partial charge in [-0.25, -0.2) is 0 Å². The lowest BCUT2D eigenvalue weighted by Gasteiger charge is -2.24. The van der Waals surface area contributed by atoms with E-state index in [1.54, 1.807) is 0 Å². The van der Waals surface area contributed by atoms with Gasteiger partial charge >= 0.3 is 0 Å².